The van der Waals surface area contributed by atoms with E-state index in [1.54, 1.807) is 6.92 Å². The minimum Gasteiger partial charge on any atom is -0.481 e. The molecule has 0 saturated carbocycles. The molecule has 0 heterocycles. The maximum absolute atomic E-state index is 10.5. The smallest absolute Gasteiger partial charge is 0.306 e. The molecule has 1 rings (SSSR count). The number of benzene rings is 1. The monoisotopic (exact) mass is 224 g/mol. The molecule has 0 aliphatic carbocycles. The summed E-state index contributed by atoms with van der Waals surface area (Å²) in [5.41, 5.74) is 1.08. The molecule has 90 valence electrons. The summed E-state index contributed by atoms with van der Waals surface area (Å²) < 4.78 is 0. The SMILES string of the molecule is C=O.CC.CC(Cc1ccccc1)C(=O)O. The van der Waals surface area contributed by atoms with Gasteiger partial charge < -0.3 is 9.90 Å². The Labute approximate surface area is 97.1 Å². The molecule has 3 nitrogen and oxygen atoms in total. The lowest BCUT2D eigenvalue weighted by atomic mass is 10.0. The Morgan fingerprint density at radius 3 is 2.06 bits per heavy atom. The van der Waals surface area contributed by atoms with Crippen molar-refractivity contribution in [2.45, 2.75) is 27.2 Å². The van der Waals surface area contributed by atoms with Crippen molar-refractivity contribution in [1.82, 2.24) is 0 Å². The predicted molar refractivity (Wildman–Crippen MR) is 65.4 cm³/mol. The highest BCUT2D eigenvalue weighted by atomic mass is 16.4. The second kappa shape index (κ2) is 11.4. The quantitative estimate of drug-likeness (QED) is 0.858. The van der Waals surface area contributed by atoms with Gasteiger partial charge in [0.05, 0.1) is 5.92 Å². The number of carbonyl (C=O) groups excluding carboxylic acids is 1. The summed E-state index contributed by atoms with van der Waals surface area (Å²) in [5, 5.41) is 8.64. The van der Waals surface area contributed by atoms with Gasteiger partial charge in [0.25, 0.3) is 0 Å². The van der Waals surface area contributed by atoms with Crippen LogP contribution in [0.4, 0.5) is 0 Å². The summed E-state index contributed by atoms with van der Waals surface area (Å²) in [5.74, 6) is -1.04. The van der Waals surface area contributed by atoms with Crippen molar-refractivity contribution >= 4 is 12.8 Å². The van der Waals surface area contributed by atoms with Gasteiger partial charge in [-0.1, -0.05) is 51.1 Å². The molecule has 0 radical (unpaired) electrons. The molecule has 0 aliphatic rings. The van der Waals surface area contributed by atoms with Gasteiger partial charge >= 0.3 is 5.97 Å². The molecule has 3 heteroatoms. The zero-order chi connectivity index (χ0) is 13.0. The van der Waals surface area contributed by atoms with Crippen molar-refractivity contribution in [2.75, 3.05) is 0 Å². The average molecular weight is 224 g/mol. The van der Waals surface area contributed by atoms with Crippen LogP contribution < -0.4 is 0 Å². The standard InChI is InChI=1S/C10H12O2.C2H6.CH2O/c1-8(10(11)12)7-9-5-3-2-4-6-9;2*1-2/h2-6,8H,7H2,1H3,(H,11,12);1-2H3;1H2. The zero-order valence-electron chi connectivity index (χ0n) is 10.1. The Kier molecular flexibility index (Phi) is 12.0. The number of hydrogen-bond acceptors (Lipinski definition) is 2. The molecule has 0 fully saturated rings. The Balaban J connectivity index is 0. The Morgan fingerprint density at radius 2 is 1.69 bits per heavy atom. The van der Waals surface area contributed by atoms with E-state index < -0.39 is 5.97 Å². The van der Waals surface area contributed by atoms with Gasteiger partial charge in [0.2, 0.25) is 0 Å². The first-order valence-corrected chi connectivity index (χ1v) is 5.25. The first kappa shape index (κ1) is 16.8. The van der Waals surface area contributed by atoms with E-state index >= 15 is 0 Å². The fourth-order valence-corrected chi connectivity index (χ4v) is 1.05. The number of carboxylic acid groups (broad SMARTS) is 1. The molecular formula is C13H20O3. The van der Waals surface area contributed by atoms with E-state index in [9.17, 15) is 4.79 Å². The third kappa shape index (κ3) is 7.74. The Bertz CT molecular complexity index is 270. The maximum atomic E-state index is 10.5. The van der Waals surface area contributed by atoms with E-state index in [2.05, 4.69) is 0 Å². The van der Waals surface area contributed by atoms with E-state index in [1.807, 2.05) is 51.0 Å². The van der Waals surface area contributed by atoms with E-state index in [-0.39, 0.29) is 5.92 Å². The zero-order valence-corrected chi connectivity index (χ0v) is 10.1. The average Bonchev–Trinajstić information content (AvgIpc) is 2.35. The molecule has 1 aromatic rings. The van der Waals surface area contributed by atoms with Crippen LogP contribution in [0.25, 0.3) is 0 Å². The van der Waals surface area contributed by atoms with Crippen LogP contribution in [0.2, 0.25) is 0 Å². The van der Waals surface area contributed by atoms with Crippen LogP contribution in [0.1, 0.15) is 26.3 Å². The normalized spacial score (nSPS) is 9.94. The van der Waals surface area contributed by atoms with Crippen LogP contribution in [0.15, 0.2) is 30.3 Å². The fourth-order valence-electron chi connectivity index (χ4n) is 1.05. The molecule has 0 spiro atoms. The van der Waals surface area contributed by atoms with Crippen LogP contribution in [0.3, 0.4) is 0 Å². The van der Waals surface area contributed by atoms with Crippen LogP contribution >= 0.6 is 0 Å². The molecule has 0 saturated heterocycles. The minimum atomic E-state index is -0.737. The third-order valence-electron chi connectivity index (χ3n) is 1.81. The van der Waals surface area contributed by atoms with Crippen molar-refractivity contribution in [1.29, 1.82) is 0 Å². The van der Waals surface area contributed by atoms with Gasteiger partial charge in [0, 0.05) is 0 Å². The van der Waals surface area contributed by atoms with Gasteiger partial charge in [0.15, 0.2) is 0 Å². The minimum absolute atomic E-state index is 0.299. The lowest BCUT2D eigenvalue weighted by Crippen LogP contribution is -2.11. The van der Waals surface area contributed by atoms with E-state index in [4.69, 9.17) is 9.90 Å². The molecular weight excluding hydrogens is 204 g/mol. The number of rotatable bonds is 3. The first-order valence-electron chi connectivity index (χ1n) is 5.25. The largest absolute Gasteiger partial charge is 0.481 e. The molecule has 1 atom stereocenters. The molecule has 0 amide bonds. The summed E-state index contributed by atoms with van der Waals surface area (Å²) in [6.07, 6.45) is 0.607. The number of aliphatic carboxylic acids is 1. The number of hydrogen-bond donors (Lipinski definition) is 1. The second-order valence-corrected chi connectivity index (χ2v) is 2.93. The third-order valence-corrected chi connectivity index (χ3v) is 1.81. The van der Waals surface area contributed by atoms with Crippen LogP contribution in [0.5, 0.6) is 0 Å². The van der Waals surface area contributed by atoms with Gasteiger partial charge in [-0.3, -0.25) is 4.79 Å². The second-order valence-electron chi connectivity index (χ2n) is 2.93. The predicted octanol–water partition coefficient (Wildman–Crippen LogP) is 2.79. The van der Waals surface area contributed by atoms with Gasteiger partial charge in [-0.25, -0.2) is 0 Å². The van der Waals surface area contributed by atoms with Crippen molar-refractivity contribution in [3.63, 3.8) is 0 Å². The molecule has 1 N–H and O–H groups in total. The van der Waals surface area contributed by atoms with Gasteiger partial charge in [-0.2, -0.15) is 0 Å². The topological polar surface area (TPSA) is 54.4 Å². The summed E-state index contributed by atoms with van der Waals surface area (Å²) >= 11 is 0. The summed E-state index contributed by atoms with van der Waals surface area (Å²) in [6.45, 7) is 7.72. The van der Waals surface area contributed by atoms with Crippen LogP contribution in [-0.2, 0) is 16.0 Å². The molecule has 0 aromatic heterocycles. The van der Waals surface area contributed by atoms with Gasteiger partial charge in [-0.15, -0.1) is 0 Å². The fraction of sp³-hybridized carbons (Fsp3) is 0.385. The highest BCUT2D eigenvalue weighted by Gasteiger charge is 2.10. The molecule has 1 unspecified atom stereocenters. The highest BCUT2D eigenvalue weighted by molar-refractivity contribution is 5.69. The van der Waals surface area contributed by atoms with Crippen molar-refractivity contribution in [2.24, 2.45) is 5.92 Å². The lowest BCUT2D eigenvalue weighted by molar-refractivity contribution is -0.141. The summed E-state index contributed by atoms with van der Waals surface area (Å²) in [7, 11) is 0. The van der Waals surface area contributed by atoms with Gasteiger partial charge in [-0.05, 0) is 12.0 Å². The van der Waals surface area contributed by atoms with Crippen molar-refractivity contribution in [3.8, 4) is 0 Å². The summed E-state index contributed by atoms with van der Waals surface area (Å²) in [4.78, 5) is 18.5. The first-order chi connectivity index (χ1) is 7.70. The van der Waals surface area contributed by atoms with E-state index in [0.29, 0.717) is 6.42 Å². The van der Waals surface area contributed by atoms with Gasteiger partial charge in [0.1, 0.15) is 6.79 Å². The number of carbonyl (C=O) groups is 2. The van der Waals surface area contributed by atoms with Crippen molar-refractivity contribution in [3.05, 3.63) is 35.9 Å². The van der Waals surface area contributed by atoms with E-state index in [1.165, 1.54) is 0 Å². The van der Waals surface area contributed by atoms with Crippen LogP contribution in [-0.4, -0.2) is 17.9 Å². The van der Waals surface area contributed by atoms with Crippen molar-refractivity contribution < 1.29 is 14.7 Å². The lowest BCUT2D eigenvalue weighted by Gasteiger charge is -2.04. The Morgan fingerprint density at radius 1 is 1.25 bits per heavy atom. The summed E-state index contributed by atoms with van der Waals surface area (Å²) in [6, 6.07) is 9.65. The molecule has 0 aliphatic heterocycles. The molecule has 16 heavy (non-hydrogen) atoms. The van der Waals surface area contributed by atoms with E-state index in [0.717, 1.165) is 5.56 Å². The number of carboxylic acids is 1. The highest BCUT2D eigenvalue weighted by Crippen LogP contribution is 2.07. The molecule has 1 aromatic carbocycles. The van der Waals surface area contributed by atoms with Crippen LogP contribution in [0, 0.1) is 5.92 Å². The Hall–Kier alpha value is -1.64. The maximum Gasteiger partial charge on any atom is 0.306 e. The molecule has 0 bridgehead atoms.